The first-order valence-corrected chi connectivity index (χ1v) is 9.45. The van der Waals surface area contributed by atoms with Crippen molar-refractivity contribution in [2.75, 3.05) is 13.2 Å². The number of aliphatic hydroxyl groups is 1. The lowest BCUT2D eigenvalue weighted by Crippen LogP contribution is -2.28. The Morgan fingerprint density at radius 1 is 1.25 bits per heavy atom. The van der Waals surface area contributed by atoms with E-state index in [1.165, 1.54) is 6.07 Å². The summed E-state index contributed by atoms with van der Waals surface area (Å²) in [6.45, 7) is 3.31. The predicted molar refractivity (Wildman–Crippen MR) is 106 cm³/mol. The van der Waals surface area contributed by atoms with Gasteiger partial charge in [0, 0.05) is 13.0 Å². The van der Waals surface area contributed by atoms with E-state index in [1.807, 2.05) is 6.92 Å². The second kappa shape index (κ2) is 11.0. The van der Waals surface area contributed by atoms with Crippen LogP contribution in [0.25, 0.3) is 5.57 Å². The highest BCUT2D eigenvalue weighted by Gasteiger charge is 2.33. The second-order valence-corrected chi connectivity index (χ2v) is 6.71. The molecule has 2 rings (SSSR count). The zero-order valence-corrected chi connectivity index (χ0v) is 17.1. The minimum Gasteiger partial charge on any atom is -0.480 e. The monoisotopic (exact) mass is 431 g/mol. The van der Waals surface area contributed by atoms with E-state index in [0.29, 0.717) is 24.0 Å². The Morgan fingerprint density at radius 3 is 2.36 bits per heavy atom. The molecule has 1 atom stereocenters. The van der Waals surface area contributed by atoms with Gasteiger partial charge < -0.3 is 20.7 Å². The van der Waals surface area contributed by atoms with Gasteiger partial charge in [-0.2, -0.15) is 0 Å². The van der Waals surface area contributed by atoms with Crippen LogP contribution in [0.2, 0.25) is 10.0 Å². The molecule has 28 heavy (non-hydrogen) atoms. The number of benzene rings is 1. The average molecular weight is 432 g/mol. The van der Waals surface area contributed by atoms with Gasteiger partial charge in [0.25, 0.3) is 5.91 Å². The van der Waals surface area contributed by atoms with Gasteiger partial charge in [0.05, 0.1) is 10.6 Å². The maximum Gasteiger partial charge on any atom is 0.341 e. The summed E-state index contributed by atoms with van der Waals surface area (Å²) in [5.74, 6) is -2.21. The maximum absolute atomic E-state index is 12.2. The standard InChI is InChI=1S/C17H17Cl2NO5.C2H6O/c1-2-8-3-5-10(21)14(17(20)24)13(8)9-4-6-11(16(19)15(9)18)25-7-12(22)23;1-2-3/h4,6,8H,2-3,5,7H2,1H3,(H2,20,24)(H,22,23);3H,2H2,1H3. The third-order valence-electron chi connectivity index (χ3n) is 4.10. The molecular formula is C19H23Cl2NO6. The van der Waals surface area contributed by atoms with Crippen molar-refractivity contribution in [1.82, 2.24) is 0 Å². The van der Waals surface area contributed by atoms with Gasteiger partial charge in [0.15, 0.2) is 12.4 Å². The number of ketones is 1. The fourth-order valence-electron chi connectivity index (χ4n) is 2.95. The lowest BCUT2D eigenvalue weighted by Gasteiger charge is -2.27. The molecule has 1 aliphatic carbocycles. The molecule has 0 saturated carbocycles. The Bertz CT molecular complexity index is 791. The van der Waals surface area contributed by atoms with Crippen molar-refractivity contribution in [3.05, 3.63) is 33.3 Å². The lowest BCUT2D eigenvalue weighted by atomic mass is 9.77. The van der Waals surface area contributed by atoms with E-state index in [-0.39, 0.29) is 46.1 Å². The van der Waals surface area contributed by atoms with Crippen LogP contribution in [0.5, 0.6) is 5.75 Å². The van der Waals surface area contributed by atoms with Gasteiger partial charge in [-0.15, -0.1) is 0 Å². The molecule has 0 spiro atoms. The number of carboxylic acid groups (broad SMARTS) is 1. The predicted octanol–water partition coefficient (Wildman–Crippen LogP) is 3.08. The molecule has 1 aliphatic rings. The fraction of sp³-hybridized carbons (Fsp3) is 0.421. The van der Waals surface area contributed by atoms with E-state index in [0.717, 1.165) is 0 Å². The van der Waals surface area contributed by atoms with Crippen molar-refractivity contribution in [3.8, 4) is 5.75 Å². The number of carbonyl (C=O) groups excluding carboxylic acids is 2. The Labute approximate surface area is 173 Å². The van der Waals surface area contributed by atoms with Gasteiger partial charge in [-0.05, 0) is 49.0 Å². The van der Waals surface area contributed by atoms with Crippen LogP contribution >= 0.6 is 23.2 Å². The van der Waals surface area contributed by atoms with Crippen molar-refractivity contribution >= 4 is 46.4 Å². The van der Waals surface area contributed by atoms with Crippen LogP contribution in [-0.2, 0) is 14.4 Å². The van der Waals surface area contributed by atoms with Crippen LogP contribution in [0.15, 0.2) is 17.7 Å². The molecule has 4 N–H and O–H groups in total. The number of carboxylic acids is 1. The lowest BCUT2D eigenvalue weighted by molar-refractivity contribution is -0.139. The number of aliphatic hydroxyl groups excluding tert-OH is 1. The molecule has 0 radical (unpaired) electrons. The summed E-state index contributed by atoms with van der Waals surface area (Å²) in [4.78, 5) is 34.6. The number of halogens is 2. The van der Waals surface area contributed by atoms with Crippen LogP contribution in [0.3, 0.4) is 0 Å². The molecule has 1 aromatic rings. The van der Waals surface area contributed by atoms with Gasteiger partial charge >= 0.3 is 5.97 Å². The SMILES string of the molecule is CCC1CCC(=O)C(C(N)=O)=C1c1ccc(OCC(=O)O)c(Cl)c1Cl.CCO. The molecule has 1 aromatic carbocycles. The van der Waals surface area contributed by atoms with Gasteiger partial charge in [-0.25, -0.2) is 4.79 Å². The summed E-state index contributed by atoms with van der Waals surface area (Å²) in [6, 6.07) is 3.02. The van der Waals surface area contributed by atoms with Crippen LogP contribution in [0, 0.1) is 5.92 Å². The molecule has 7 nitrogen and oxygen atoms in total. The molecule has 0 aliphatic heterocycles. The van der Waals surface area contributed by atoms with Crippen molar-refractivity contribution in [2.24, 2.45) is 11.7 Å². The summed E-state index contributed by atoms with van der Waals surface area (Å²) in [5, 5.41) is 16.4. The number of allylic oxidation sites excluding steroid dienone is 1. The number of hydrogen-bond acceptors (Lipinski definition) is 5. The van der Waals surface area contributed by atoms with Crippen LogP contribution < -0.4 is 10.5 Å². The van der Waals surface area contributed by atoms with E-state index < -0.39 is 18.5 Å². The Hall–Kier alpha value is -2.09. The van der Waals surface area contributed by atoms with Crippen molar-refractivity contribution in [3.63, 3.8) is 0 Å². The highest BCUT2D eigenvalue weighted by atomic mass is 35.5. The number of nitrogens with two attached hydrogens (primary N) is 1. The number of primary amides is 1. The summed E-state index contributed by atoms with van der Waals surface area (Å²) < 4.78 is 5.08. The Balaban J connectivity index is 0.00000122. The highest BCUT2D eigenvalue weighted by molar-refractivity contribution is 6.44. The quantitative estimate of drug-likeness (QED) is 0.593. The van der Waals surface area contributed by atoms with Gasteiger partial charge in [0.2, 0.25) is 0 Å². The molecule has 154 valence electrons. The maximum atomic E-state index is 12.2. The molecule has 0 bridgehead atoms. The third kappa shape index (κ3) is 5.70. The van der Waals surface area contributed by atoms with Gasteiger partial charge in [-0.1, -0.05) is 30.1 Å². The average Bonchev–Trinajstić information content (AvgIpc) is 2.63. The highest BCUT2D eigenvalue weighted by Crippen LogP contribution is 2.44. The first-order valence-electron chi connectivity index (χ1n) is 8.70. The Morgan fingerprint density at radius 2 is 1.86 bits per heavy atom. The molecular weight excluding hydrogens is 409 g/mol. The smallest absolute Gasteiger partial charge is 0.341 e. The molecule has 1 amide bonds. The molecule has 0 fully saturated rings. The molecule has 0 heterocycles. The van der Waals surface area contributed by atoms with Gasteiger partial charge in [-0.3, -0.25) is 9.59 Å². The van der Waals surface area contributed by atoms with Crippen LogP contribution in [0.4, 0.5) is 0 Å². The minimum atomic E-state index is -1.15. The number of rotatable bonds is 6. The number of ether oxygens (including phenoxy) is 1. The number of aliphatic carboxylic acids is 1. The van der Waals surface area contributed by atoms with Crippen molar-refractivity contribution < 1.29 is 29.3 Å². The molecule has 1 unspecified atom stereocenters. The van der Waals surface area contributed by atoms with E-state index in [9.17, 15) is 14.4 Å². The molecule has 0 saturated heterocycles. The summed E-state index contributed by atoms with van der Waals surface area (Å²) in [5.41, 5.74) is 6.29. The van der Waals surface area contributed by atoms with Crippen LogP contribution in [0.1, 0.15) is 38.7 Å². The second-order valence-electron chi connectivity index (χ2n) is 5.96. The molecule has 9 heteroatoms. The van der Waals surface area contributed by atoms with E-state index in [1.54, 1.807) is 13.0 Å². The van der Waals surface area contributed by atoms with Crippen molar-refractivity contribution in [1.29, 1.82) is 0 Å². The van der Waals surface area contributed by atoms with Crippen molar-refractivity contribution in [2.45, 2.75) is 33.1 Å². The topological polar surface area (TPSA) is 127 Å². The zero-order valence-electron chi connectivity index (χ0n) is 15.6. The minimum absolute atomic E-state index is 0.0182. The molecule has 0 aromatic heterocycles. The van der Waals surface area contributed by atoms with Crippen LogP contribution in [-0.4, -0.2) is 41.1 Å². The first-order chi connectivity index (χ1) is 13.2. The Kier molecular flexibility index (Phi) is 9.45. The zero-order chi connectivity index (χ0) is 21.4. The number of Topliss-reactive ketones (excluding diaryl/α,β-unsaturated/α-hetero) is 1. The first kappa shape index (κ1) is 23.9. The summed E-state index contributed by atoms with van der Waals surface area (Å²) in [7, 11) is 0. The normalized spacial score (nSPS) is 16.3. The van der Waals surface area contributed by atoms with E-state index >= 15 is 0 Å². The largest absolute Gasteiger partial charge is 0.480 e. The third-order valence-corrected chi connectivity index (χ3v) is 4.97. The fourth-order valence-corrected chi connectivity index (χ4v) is 3.43. The summed E-state index contributed by atoms with van der Waals surface area (Å²) >= 11 is 12.5. The van der Waals surface area contributed by atoms with Gasteiger partial charge in [0.1, 0.15) is 10.8 Å². The number of hydrogen-bond donors (Lipinski definition) is 3. The number of amides is 1. The van der Waals surface area contributed by atoms with E-state index in [4.69, 9.17) is 43.9 Å². The summed E-state index contributed by atoms with van der Waals surface area (Å²) in [6.07, 6.45) is 1.54. The van der Waals surface area contributed by atoms with E-state index in [2.05, 4.69) is 0 Å². The number of carbonyl (C=O) groups is 3.